The number of hydrogen-bond acceptors (Lipinski definition) is 1. The van der Waals surface area contributed by atoms with Crippen molar-refractivity contribution in [3.05, 3.63) is 0 Å². The second kappa shape index (κ2) is 11.0. The van der Waals surface area contributed by atoms with E-state index in [-0.39, 0.29) is 0 Å². The highest BCUT2D eigenvalue weighted by molar-refractivity contribution is 4.51. The minimum Gasteiger partial charge on any atom is -0.391 e. The highest BCUT2D eigenvalue weighted by Gasteiger charge is 1.98. The number of aliphatic hydroxyl groups is 1. The van der Waals surface area contributed by atoms with Gasteiger partial charge < -0.3 is 5.11 Å². The van der Waals surface area contributed by atoms with Crippen molar-refractivity contribution < 1.29 is 5.11 Å². The van der Waals surface area contributed by atoms with Gasteiger partial charge in [-0.15, -0.1) is 0 Å². The summed E-state index contributed by atoms with van der Waals surface area (Å²) in [5, 5.41) is 8.52. The fraction of sp³-hybridized carbons (Fsp3) is 1.00. The summed E-state index contributed by atoms with van der Waals surface area (Å²) in [7, 11) is 0. The Balaban J connectivity index is 0. The van der Waals surface area contributed by atoms with Gasteiger partial charge in [0.1, 0.15) is 0 Å². The normalized spacial score (nSPS) is 15.9. The van der Waals surface area contributed by atoms with Crippen LogP contribution in [0.2, 0.25) is 0 Å². The van der Waals surface area contributed by atoms with Gasteiger partial charge in [-0.3, -0.25) is 0 Å². The molecule has 0 radical (unpaired) electrons. The van der Waals surface area contributed by atoms with Crippen LogP contribution in [0.3, 0.4) is 0 Å². The number of hydrogen-bond donors (Lipinski definition) is 1. The van der Waals surface area contributed by atoms with E-state index >= 15 is 0 Å². The summed E-state index contributed by atoms with van der Waals surface area (Å²) in [4.78, 5) is 0. The molecule has 14 heavy (non-hydrogen) atoms. The molecule has 0 aromatic rings. The SMILES string of the molecule is C1CCCCC1.CC(C)(C)O.CCC. The Labute approximate surface area is 90.9 Å². The molecule has 1 N–H and O–H groups in total. The molecule has 1 fully saturated rings. The van der Waals surface area contributed by atoms with Gasteiger partial charge >= 0.3 is 0 Å². The van der Waals surface area contributed by atoms with E-state index in [4.69, 9.17) is 5.11 Å². The van der Waals surface area contributed by atoms with Crippen LogP contribution in [0.4, 0.5) is 0 Å². The van der Waals surface area contributed by atoms with Crippen molar-refractivity contribution in [1.29, 1.82) is 0 Å². The number of rotatable bonds is 0. The highest BCUT2D eigenvalue weighted by Crippen LogP contribution is 2.15. The minimum atomic E-state index is -0.500. The first kappa shape index (κ1) is 16.4. The predicted octanol–water partition coefficient (Wildman–Crippen LogP) is 4.53. The Morgan fingerprint density at radius 1 is 0.786 bits per heavy atom. The summed E-state index contributed by atoms with van der Waals surface area (Å²) in [6.45, 7) is 9.48. The van der Waals surface area contributed by atoms with Crippen molar-refractivity contribution in [1.82, 2.24) is 0 Å². The van der Waals surface area contributed by atoms with E-state index in [9.17, 15) is 0 Å². The van der Waals surface area contributed by atoms with Crippen LogP contribution in [-0.2, 0) is 0 Å². The Morgan fingerprint density at radius 2 is 0.857 bits per heavy atom. The van der Waals surface area contributed by atoms with Crippen molar-refractivity contribution in [3.63, 3.8) is 0 Å². The second-order valence-corrected chi connectivity index (χ2v) is 5.00. The summed E-state index contributed by atoms with van der Waals surface area (Å²) in [6, 6.07) is 0. The fourth-order valence-corrected chi connectivity index (χ4v) is 1.06. The van der Waals surface area contributed by atoms with E-state index in [1.54, 1.807) is 20.8 Å². The molecular weight excluding hydrogens is 172 g/mol. The quantitative estimate of drug-likeness (QED) is 0.611. The molecule has 0 aromatic carbocycles. The first-order chi connectivity index (χ1) is 6.41. The third kappa shape index (κ3) is 40.4. The fourth-order valence-electron chi connectivity index (χ4n) is 1.06. The third-order valence-electron chi connectivity index (χ3n) is 1.50. The third-order valence-corrected chi connectivity index (χ3v) is 1.50. The van der Waals surface area contributed by atoms with E-state index in [1.165, 1.54) is 44.9 Å². The average Bonchev–Trinajstić information content (AvgIpc) is 2.06. The molecule has 0 spiro atoms. The van der Waals surface area contributed by atoms with E-state index in [0.29, 0.717) is 0 Å². The molecule has 1 aliphatic rings. The van der Waals surface area contributed by atoms with Crippen molar-refractivity contribution in [2.75, 3.05) is 0 Å². The molecule has 0 saturated heterocycles. The molecule has 1 nitrogen and oxygen atoms in total. The molecule has 0 unspecified atom stereocenters. The van der Waals surface area contributed by atoms with Gasteiger partial charge in [0.15, 0.2) is 0 Å². The lowest BCUT2D eigenvalue weighted by Gasteiger charge is -2.05. The van der Waals surface area contributed by atoms with E-state index in [1.807, 2.05) is 0 Å². The average molecular weight is 202 g/mol. The zero-order chi connectivity index (χ0) is 11.4. The molecule has 0 aliphatic heterocycles. The Morgan fingerprint density at radius 3 is 0.929 bits per heavy atom. The van der Waals surface area contributed by atoms with Crippen molar-refractivity contribution in [2.24, 2.45) is 0 Å². The van der Waals surface area contributed by atoms with E-state index in [2.05, 4.69) is 13.8 Å². The van der Waals surface area contributed by atoms with Crippen LogP contribution >= 0.6 is 0 Å². The predicted molar refractivity (Wildman–Crippen MR) is 65.6 cm³/mol. The Kier molecular flexibility index (Phi) is 12.9. The van der Waals surface area contributed by atoms with Gasteiger partial charge in [0, 0.05) is 0 Å². The molecule has 0 aromatic heterocycles. The van der Waals surface area contributed by atoms with Crippen molar-refractivity contribution >= 4 is 0 Å². The molecule has 1 rings (SSSR count). The van der Waals surface area contributed by atoms with Crippen molar-refractivity contribution in [2.45, 2.75) is 85.2 Å². The molecular formula is C13H30O. The smallest absolute Gasteiger partial charge is 0.0563 e. The maximum Gasteiger partial charge on any atom is 0.0563 e. The van der Waals surface area contributed by atoms with Crippen molar-refractivity contribution in [3.8, 4) is 0 Å². The summed E-state index contributed by atoms with van der Waals surface area (Å²) in [5.41, 5.74) is -0.500. The molecule has 0 atom stereocenters. The molecule has 0 bridgehead atoms. The first-order valence-corrected chi connectivity index (χ1v) is 6.14. The lowest BCUT2D eigenvalue weighted by atomic mass is 10.0. The van der Waals surface area contributed by atoms with Gasteiger partial charge in [-0.05, 0) is 20.8 Å². The van der Waals surface area contributed by atoms with Crippen LogP contribution in [0.1, 0.15) is 79.6 Å². The molecule has 0 heterocycles. The first-order valence-electron chi connectivity index (χ1n) is 6.14. The van der Waals surface area contributed by atoms with Gasteiger partial charge in [-0.1, -0.05) is 58.8 Å². The molecule has 88 valence electrons. The lowest BCUT2D eigenvalue weighted by Crippen LogP contribution is -2.10. The summed E-state index contributed by atoms with van der Waals surface area (Å²) in [5.74, 6) is 0. The van der Waals surface area contributed by atoms with Gasteiger partial charge in [0.2, 0.25) is 0 Å². The summed E-state index contributed by atoms with van der Waals surface area (Å²) < 4.78 is 0. The monoisotopic (exact) mass is 202 g/mol. The Bertz CT molecular complexity index is 70.4. The molecule has 1 aliphatic carbocycles. The van der Waals surface area contributed by atoms with Crippen LogP contribution in [-0.4, -0.2) is 10.7 Å². The second-order valence-electron chi connectivity index (χ2n) is 5.00. The van der Waals surface area contributed by atoms with Crippen LogP contribution in [0.15, 0.2) is 0 Å². The van der Waals surface area contributed by atoms with E-state index < -0.39 is 5.60 Å². The van der Waals surface area contributed by atoms with Crippen LogP contribution in [0.5, 0.6) is 0 Å². The van der Waals surface area contributed by atoms with Crippen LogP contribution in [0.25, 0.3) is 0 Å². The topological polar surface area (TPSA) is 20.2 Å². The van der Waals surface area contributed by atoms with Gasteiger partial charge in [-0.25, -0.2) is 0 Å². The summed E-state index contributed by atoms with van der Waals surface area (Å²) >= 11 is 0. The largest absolute Gasteiger partial charge is 0.391 e. The molecule has 1 heteroatoms. The van der Waals surface area contributed by atoms with Gasteiger partial charge in [0.25, 0.3) is 0 Å². The minimum absolute atomic E-state index is 0.500. The van der Waals surface area contributed by atoms with Crippen LogP contribution < -0.4 is 0 Å². The summed E-state index contributed by atoms with van der Waals surface area (Å²) in [6.07, 6.45) is 10.2. The standard InChI is InChI=1S/C6H12.C4H10O.C3H8/c1-2-4-6-5-3-1;1-4(2,3)5;1-3-2/h1-6H2;5H,1-3H3;3H2,1-2H3. The zero-order valence-electron chi connectivity index (χ0n) is 10.9. The molecule has 0 amide bonds. The molecule has 1 saturated carbocycles. The maximum absolute atomic E-state index is 8.52. The van der Waals surface area contributed by atoms with Crippen LogP contribution in [0, 0.1) is 0 Å². The maximum atomic E-state index is 8.52. The highest BCUT2D eigenvalue weighted by atomic mass is 16.3. The Hall–Kier alpha value is -0.0400. The van der Waals surface area contributed by atoms with E-state index in [0.717, 1.165) is 0 Å². The lowest BCUT2D eigenvalue weighted by molar-refractivity contribution is 0.102. The van der Waals surface area contributed by atoms with Gasteiger partial charge in [-0.2, -0.15) is 0 Å². The zero-order valence-corrected chi connectivity index (χ0v) is 10.9. The van der Waals surface area contributed by atoms with Gasteiger partial charge in [0.05, 0.1) is 5.60 Å².